The zero-order valence-corrected chi connectivity index (χ0v) is 29.6. The Morgan fingerprint density at radius 3 is 2.79 bits per heavy atom. The van der Waals surface area contributed by atoms with Gasteiger partial charge in [-0.15, -0.1) is 0 Å². The van der Waals surface area contributed by atoms with Crippen molar-refractivity contribution < 1.29 is 23.5 Å². The molecule has 1 spiro atoms. The SMILES string of the molecule is C/C1=C\CCC(C)SNC(=O)c2ccc3c(c2)N(C[C@@H]2CCC2C1OCC(=O)N1CCCC1)CC1(CCCc2c1ccc(Cl)c2F)CO3. The predicted octanol–water partition coefficient (Wildman–Crippen LogP) is 7.49. The van der Waals surface area contributed by atoms with Crippen LogP contribution in [0.2, 0.25) is 5.02 Å². The van der Waals surface area contributed by atoms with E-state index < -0.39 is 5.41 Å². The maximum atomic E-state index is 15.4. The van der Waals surface area contributed by atoms with Crippen molar-refractivity contribution in [2.24, 2.45) is 11.8 Å². The predicted molar refractivity (Wildman–Crippen MR) is 189 cm³/mol. The Morgan fingerprint density at radius 1 is 1.17 bits per heavy atom. The summed E-state index contributed by atoms with van der Waals surface area (Å²) in [6.07, 6.45) is 10.5. The van der Waals surface area contributed by atoms with Gasteiger partial charge in [0, 0.05) is 42.4 Å². The molecule has 2 aliphatic carbocycles. The molecule has 10 heteroatoms. The van der Waals surface area contributed by atoms with Gasteiger partial charge >= 0.3 is 0 Å². The molecule has 5 atom stereocenters. The third-order valence-corrected chi connectivity index (χ3v) is 12.6. The summed E-state index contributed by atoms with van der Waals surface area (Å²) in [4.78, 5) is 30.8. The van der Waals surface area contributed by atoms with E-state index in [4.69, 9.17) is 21.1 Å². The lowest BCUT2D eigenvalue weighted by Crippen LogP contribution is -2.50. The number of likely N-dealkylation sites (tertiary alicyclic amines) is 1. The molecule has 2 amide bonds. The van der Waals surface area contributed by atoms with Gasteiger partial charge in [-0.3, -0.25) is 14.3 Å². The highest BCUT2D eigenvalue weighted by atomic mass is 35.5. The number of hydrogen-bond acceptors (Lipinski definition) is 6. The molecule has 3 aliphatic heterocycles. The zero-order chi connectivity index (χ0) is 33.4. The number of ether oxygens (including phenoxy) is 2. The number of carbonyl (C=O) groups is 2. The first-order chi connectivity index (χ1) is 23.2. The fourth-order valence-corrected chi connectivity index (χ4v) is 9.39. The average Bonchev–Trinajstić information content (AvgIpc) is 3.58. The summed E-state index contributed by atoms with van der Waals surface area (Å²) < 4.78 is 31.7. The molecule has 2 aromatic carbocycles. The van der Waals surface area contributed by atoms with Crippen LogP contribution < -0.4 is 14.4 Å². The standard InChI is InChI=1S/C38H47ClFN3O4S/c1-24-7-5-8-25(2)48-41-37(45)26-11-15-33-32(19-26)43(20-27-10-12-28(27)36(24)46-21-34(44)42-17-3-4-18-42)22-38(23-47-33)16-6-9-29-30(38)13-14-31(39)35(29)40/h7,11,13-15,19,25,27-28,36H,3-6,8-10,12,16-18,20-23H2,1-2H3,(H,41,45)/b24-7+/t25?,27-,28?,36?,38?/m0/s1. The third-order valence-electron chi connectivity index (χ3n) is 11.4. The third kappa shape index (κ3) is 6.71. The number of amides is 2. The van der Waals surface area contributed by atoms with Crippen LogP contribution in [0.15, 0.2) is 42.0 Å². The van der Waals surface area contributed by atoms with Crippen molar-refractivity contribution >= 4 is 41.1 Å². The lowest BCUT2D eigenvalue weighted by Gasteiger charge is -2.46. The van der Waals surface area contributed by atoms with Gasteiger partial charge in [-0.05, 0) is 129 Å². The van der Waals surface area contributed by atoms with Gasteiger partial charge in [-0.2, -0.15) is 0 Å². The second-order valence-corrected chi connectivity index (χ2v) is 16.2. The first-order valence-corrected chi connectivity index (χ1v) is 19.0. The molecule has 3 heterocycles. The van der Waals surface area contributed by atoms with Crippen LogP contribution in [0.25, 0.3) is 0 Å². The molecule has 2 bridgehead atoms. The molecule has 5 aliphatic rings. The van der Waals surface area contributed by atoms with Crippen molar-refractivity contribution in [1.82, 2.24) is 9.62 Å². The van der Waals surface area contributed by atoms with Crippen LogP contribution in [-0.2, 0) is 21.4 Å². The highest BCUT2D eigenvalue weighted by Crippen LogP contribution is 2.48. The maximum Gasteiger partial charge on any atom is 0.261 e. The number of halogens is 2. The van der Waals surface area contributed by atoms with Crippen molar-refractivity contribution in [3.8, 4) is 5.75 Å². The first kappa shape index (κ1) is 33.7. The van der Waals surface area contributed by atoms with Crippen LogP contribution >= 0.6 is 23.5 Å². The van der Waals surface area contributed by atoms with Crippen molar-refractivity contribution in [3.05, 3.63) is 69.5 Å². The molecule has 1 saturated carbocycles. The molecule has 2 aromatic rings. The van der Waals surface area contributed by atoms with Gasteiger partial charge in [0.1, 0.15) is 18.2 Å². The van der Waals surface area contributed by atoms with Crippen molar-refractivity contribution in [2.45, 2.75) is 88.4 Å². The van der Waals surface area contributed by atoms with Crippen LogP contribution in [0.3, 0.4) is 0 Å². The Kier molecular flexibility index (Phi) is 10.0. The molecule has 7 rings (SSSR count). The van der Waals surface area contributed by atoms with Crippen LogP contribution in [0, 0.1) is 17.7 Å². The Morgan fingerprint density at radius 2 is 2.00 bits per heavy atom. The minimum Gasteiger partial charge on any atom is -0.490 e. The van der Waals surface area contributed by atoms with Crippen LogP contribution in [0.1, 0.15) is 86.7 Å². The molecule has 4 unspecified atom stereocenters. The number of hydrogen-bond donors (Lipinski definition) is 1. The number of benzene rings is 2. The number of fused-ring (bicyclic) bond motifs is 4. The van der Waals surface area contributed by atoms with E-state index in [1.54, 1.807) is 6.07 Å². The van der Waals surface area contributed by atoms with Crippen molar-refractivity contribution in [1.29, 1.82) is 0 Å². The summed E-state index contributed by atoms with van der Waals surface area (Å²) in [5, 5.41) is 0.380. The highest BCUT2D eigenvalue weighted by Gasteiger charge is 2.45. The van der Waals surface area contributed by atoms with Crippen LogP contribution in [-0.4, -0.2) is 67.5 Å². The van der Waals surface area contributed by atoms with Gasteiger partial charge in [0.05, 0.1) is 23.4 Å². The van der Waals surface area contributed by atoms with E-state index in [2.05, 4.69) is 29.5 Å². The summed E-state index contributed by atoms with van der Waals surface area (Å²) in [5.74, 6) is 0.956. The van der Waals surface area contributed by atoms with E-state index in [-0.39, 0.29) is 46.5 Å². The number of anilines is 1. The first-order valence-electron chi connectivity index (χ1n) is 17.7. The largest absolute Gasteiger partial charge is 0.490 e. The normalized spacial score (nSPS) is 30.2. The van der Waals surface area contributed by atoms with E-state index in [1.807, 2.05) is 29.2 Å². The molecule has 48 heavy (non-hydrogen) atoms. The molecule has 1 N–H and O–H groups in total. The number of rotatable bonds is 3. The molecular weight excluding hydrogens is 649 g/mol. The Bertz CT molecular complexity index is 1580. The molecular formula is C38H47ClFN3O4S. The summed E-state index contributed by atoms with van der Waals surface area (Å²) in [6, 6.07) is 9.40. The summed E-state index contributed by atoms with van der Waals surface area (Å²) in [7, 11) is 0. The lowest BCUT2D eigenvalue weighted by atomic mass is 9.67. The lowest BCUT2D eigenvalue weighted by molar-refractivity contribution is -0.138. The minimum atomic E-state index is -0.431. The number of carbonyl (C=O) groups excluding carboxylic acids is 2. The Labute approximate surface area is 293 Å². The average molecular weight is 696 g/mol. The molecule has 0 aromatic heterocycles. The second kappa shape index (κ2) is 14.2. The molecule has 7 nitrogen and oxygen atoms in total. The summed E-state index contributed by atoms with van der Waals surface area (Å²) >= 11 is 7.72. The van der Waals surface area contributed by atoms with E-state index in [1.165, 1.54) is 17.5 Å². The fourth-order valence-electron chi connectivity index (χ4n) is 8.54. The van der Waals surface area contributed by atoms with Crippen molar-refractivity contribution in [3.63, 3.8) is 0 Å². The monoisotopic (exact) mass is 695 g/mol. The minimum absolute atomic E-state index is 0.0837. The van der Waals surface area contributed by atoms with Crippen molar-refractivity contribution in [2.75, 3.05) is 44.3 Å². The van der Waals surface area contributed by atoms with Gasteiger partial charge in [0.2, 0.25) is 5.91 Å². The fraction of sp³-hybridized carbons (Fsp3) is 0.579. The number of nitrogens with zero attached hydrogens (tertiary/aromatic N) is 2. The summed E-state index contributed by atoms with van der Waals surface area (Å²) in [5.41, 5.74) is 3.91. The Balaban J connectivity index is 1.24. The summed E-state index contributed by atoms with van der Waals surface area (Å²) in [6.45, 7) is 7.83. The van der Waals surface area contributed by atoms with Crippen LogP contribution in [0.5, 0.6) is 5.75 Å². The molecule has 2 fully saturated rings. The smallest absolute Gasteiger partial charge is 0.261 e. The van der Waals surface area contributed by atoms with Gasteiger partial charge in [0.15, 0.2) is 0 Å². The zero-order valence-electron chi connectivity index (χ0n) is 28.1. The number of nitrogens with one attached hydrogen (secondary N) is 1. The van der Waals surface area contributed by atoms with E-state index in [0.717, 1.165) is 88.0 Å². The molecule has 0 radical (unpaired) electrons. The maximum absolute atomic E-state index is 15.4. The Hall–Kier alpha value is -2.75. The van der Waals surface area contributed by atoms with E-state index in [9.17, 15) is 9.59 Å². The van der Waals surface area contributed by atoms with Gasteiger partial charge < -0.3 is 19.3 Å². The van der Waals surface area contributed by atoms with Gasteiger partial charge in [-0.25, -0.2) is 4.39 Å². The highest BCUT2D eigenvalue weighted by molar-refractivity contribution is 7.98. The van der Waals surface area contributed by atoms with Crippen LogP contribution in [0.4, 0.5) is 10.1 Å². The number of allylic oxidation sites excluding steroid dienone is 1. The topological polar surface area (TPSA) is 71.1 Å². The van der Waals surface area contributed by atoms with E-state index >= 15 is 4.39 Å². The quantitative estimate of drug-likeness (QED) is 0.265. The molecule has 1 saturated heterocycles. The van der Waals surface area contributed by atoms with Gasteiger partial charge in [0.25, 0.3) is 5.91 Å². The van der Waals surface area contributed by atoms with E-state index in [0.29, 0.717) is 36.6 Å². The second-order valence-electron chi connectivity index (χ2n) is 14.6. The molecule has 258 valence electrons. The van der Waals surface area contributed by atoms with Gasteiger partial charge in [-0.1, -0.05) is 30.7 Å².